The number of aromatic nitrogens is 1. The van der Waals surface area contributed by atoms with E-state index in [2.05, 4.69) is 4.98 Å². The summed E-state index contributed by atoms with van der Waals surface area (Å²) in [4.78, 5) is 45.4. The average Bonchev–Trinajstić information content (AvgIpc) is 3.10. The van der Waals surface area contributed by atoms with Gasteiger partial charge in [-0.15, -0.1) is 0 Å². The Morgan fingerprint density at radius 1 is 1.12 bits per heavy atom. The number of ketones is 1. The monoisotopic (exact) mass is 453 g/mol. The molecule has 172 valence electrons. The zero-order valence-corrected chi connectivity index (χ0v) is 18.1. The molecular weight excluding hydrogens is 429 g/mol. The topological polar surface area (TPSA) is 100 Å². The highest BCUT2D eigenvalue weighted by molar-refractivity contribution is 6.46. The molecule has 1 aromatic carbocycles. The summed E-state index contributed by atoms with van der Waals surface area (Å²) in [7, 11) is 0. The minimum Gasteiger partial charge on any atom is -0.507 e. The van der Waals surface area contributed by atoms with Gasteiger partial charge < -0.3 is 19.6 Å². The maximum Gasteiger partial charge on any atom is 0.409 e. The van der Waals surface area contributed by atoms with Gasteiger partial charge in [0.15, 0.2) is 0 Å². The average molecular weight is 453 g/mol. The van der Waals surface area contributed by atoms with E-state index in [0.717, 1.165) is 0 Å². The molecule has 8 nitrogen and oxygen atoms in total. The van der Waals surface area contributed by atoms with Crippen molar-refractivity contribution in [2.45, 2.75) is 31.8 Å². The van der Waals surface area contributed by atoms with Crippen molar-refractivity contribution in [3.63, 3.8) is 0 Å². The zero-order valence-electron chi connectivity index (χ0n) is 18.1. The van der Waals surface area contributed by atoms with Gasteiger partial charge in [0.05, 0.1) is 18.2 Å². The minimum absolute atomic E-state index is 0.0503. The lowest BCUT2D eigenvalue weighted by molar-refractivity contribution is -0.142. The van der Waals surface area contributed by atoms with Gasteiger partial charge in [-0.25, -0.2) is 9.18 Å². The van der Waals surface area contributed by atoms with Crippen LogP contribution in [0.1, 0.15) is 36.9 Å². The van der Waals surface area contributed by atoms with E-state index >= 15 is 0 Å². The number of piperidine rings is 1. The molecule has 2 aromatic rings. The molecule has 2 aliphatic rings. The second-order valence-corrected chi connectivity index (χ2v) is 7.91. The summed E-state index contributed by atoms with van der Waals surface area (Å²) in [6.07, 6.45) is 3.63. The van der Waals surface area contributed by atoms with Crippen molar-refractivity contribution in [1.29, 1.82) is 0 Å². The smallest absolute Gasteiger partial charge is 0.409 e. The molecule has 0 saturated carbocycles. The first-order chi connectivity index (χ1) is 15.9. The molecule has 1 unspecified atom stereocenters. The molecule has 33 heavy (non-hydrogen) atoms. The van der Waals surface area contributed by atoms with Gasteiger partial charge in [0.25, 0.3) is 11.7 Å². The van der Waals surface area contributed by atoms with Crippen LogP contribution in [0.2, 0.25) is 0 Å². The molecule has 3 heterocycles. The van der Waals surface area contributed by atoms with Gasteiger partial charge in [0, 0.05) is 37.1 Å². The number of carbonyl (C=O) groups is 3. The van der Waals surface area contributed by atoms with Gasteiger partial charge in [-0.3, -0.25) is 14.6 Å². The molecule has 4 rings (SSSR count). The van der Waals surface area contributed by atoms with Crippen LogP contribution in [-0.2, 0) is 14.3 Å². The van der Waals surface area contributed by atoms with Crippen LogP contribution in [0.3, 0.4) is 0 Å². The SMILES string of the molecule is CCOC(=O)N1CCC(N2C(=O)C(=O)/C(=C(/O)c3ccc(F)cc3)C2c2ccncc2)CC1. The quantitative estimate of drug-likeness (QED) is 0.433. The lowest BCUT2D eigenvalue weighted by Crippen LogP contribution is -2.48. The fourth-order valence-electron chi connectivity index (χ4n) is 4.40. The number of pyridine rings is 1. The molecule has 0 radical (unpaired) electrons. The van der Waals surface area contributed by atoms with Gasteiger partial charge in [-0.2, -0.15) is 0 Å². The number of likely N-dealkylation sites (tertiary alicyclic amines) is 2. The van der Waals surface area contributed by atoms with Crippen LogP contribution >= 0.6 is 0 Å². The van der Waals surface area contributed by atoms with E-state index in [4.69, 9.17) is 4.74 Å². The summed E-state index contributed by atoms with van der Waals surface area (Å²) >= 11 is 0. The van der Waals surface area contributed by atoms with E-state index < -0.39 is 29.6 Å². The lowest BCUT2D eigenvalue weighted by atomic mass is 9.94. The molecule has 0 bridgehead atoms. The van der Waals surface area contributed by atoms with E-state index in [1.54, 1.807) is 36.4 Å². The maximum absolute atomic E-state index is 13.4. The highest BCUT2D eigenvalue weighted by Gasteiger charge is 2.49. The largest absolute Gasteiger partial charge is 0.507 e. The number of nitrogens with zero attached hydrogens (tertiary/aromatic N) is 3. The molecule has 1 atom stereocenters. The van der Waals surface area contributed by atoms with Crippen LogP contribution in [0.4, 0.5) is 9.18 Å². The second-order valence-electron chi connectivity index (χ2n) is 7.91. The second kappa shape index (κ2) is 9.40. The van der Waals surface area contributed by atoms with Gasteiger partial charge in [-0.1, -0.05) is 0 Å². The van der Waals surface area contributed by atoms with Crippen molar-refractivity contribution in [3.8, 4) is 0 Å². The molecule has 1 aromatic heterocycles. The van der Waals surface area contributed by atoms with Gasteiger partial charge in [0.1, 0.15) is 11.6 Å². The molecule has 2 saturated heterocycles. The number of Topliss-reactive ketones (excluding diaryl/α,β-unsaturated/α-hetero) is 1. The number of amides is 2. The summed E-state index contributed by atoms with van der Waals surface area (Å²) in [6.45, 7) is 2.78. The molecule has 2 aliphatic heterocycles. The highest BCUT2D eigenvalue weighted by Crippen LogP contribution is 2.42. The number of aliphatic hydroxyl groups is 1. The molecule has 2 amide bonds. The molecular formula is C24H24FN3O5. The summed E-state index contributed by atoms with van der Waals surface area (Å²) in [5.41, 5.74) is 0.817. The van der Waals surface area contributed by atoms with Crippen LogP contribution in [0.15, 0.2) is 54.4 Å². The van der Waals surface area contributed by atoms with Crippen LogP contribution in [0.5, 0.6) is 0 Å². The predicted molar refractivity (Wildman–Crippen MR) is 116 cm³/mol. The predicted octanol–water partition coefficient (Wildman–Crippen LogP) is 3.26. The Labute approximate surface area is 190 Å². The maximum atomic E-state index is 13.4. The molecule has 0 aliphatic carbocycles. The Morgan fingerprint density at radius 3 is 2.36 bits per heavy atom. The van der Waals surface area contributed by atoms with E-state index in [9.17, 15) is 23.9 Å². The van der Waals surface area contributed by atoms with Gasteiger partial charge >= 0.3 is 6.09 Å². The summed E-state index contributed by atoms with van der Waals surface area (Å²) in [6, 6.07) is 7.32. The molecule has 0 spiro atoms. The first-order valence-electron chi connectivity index (χ1n) is 10.8. The number of rotatable bonds is 4. The summed E-state index contributed by atoms with van der Waals surface area (Å²) in [5.74, 6) is -2.35. The fraction of sp³-hybridized carbons (Fsp3) is 0.333. The van der Waals surface area contributed by atoms with E-state index in [-0.39, 0.29) is 29.5 Å². The van der Waals surface area contributed by atoms with Crippen molar-refractivity contribution in [2.75, 3.05) is 19.7 Å². The molecule has 1 N–H and O–H groups in total. The summed E-state index contributed by atoms with van der Waals surface area (Å²) < 4.78 is 18.4. The first-order valence-corrected chi connectivity index (χ1v) is 10.8. The van der Waals surface area contributed by atoms with Crippen molar-refractivity contribution in [3.05, 3.63) is 71.3 Å². The third-order valence-corrected chi connectivity index (χ3v) is 6.00. The standard InChI is InChI=1S/C24H24FN3O5/c1-2-33-24(32)27-13-9-18(10-14-27)28-20(15-7-11-26-12-8-15)19(22(30)23(28)31)21(29)16-3-5-17(25)6-4-16/h3-8,11-12,18,20,29H,2,9-10,13-14H2,1H3/b21-19+. The third kappa shape index (κ3) is 4.30. The van der Waals surface area contributed by atoms with Crippen molar-refractivity contribution in [1.82, 2.24) is 14.8 Å². The van der Waals surface area contributed by atoms with Gasteiger partial charge in [-0.05, 0) is 61.7 Å². The number of hydrogen-bond donors (Lipinski definition) is 1. The van der Waals surface area contributed by atoms with Crippen molar-refractivity contribution >= 4 is 23.5 Å². The number of aliphatic hydroxyl groups excluding tert-OH is 1. The van der Waals surface area contributed by atoms with E-state index in [1.165, 1.54) is 29.2 Å². The van der Waals surface area contributed by atoms with E-state index in [1.807, 2.05) is 0 Å². The normalized spacial score (nSPS) is 20.8. The zero-order chi connectivity index (χ0) is 23.5. The van der Waals surface area contributed by atoms with Gasteiger partial charge in [0.2, 0.25) is 0 Å². The fourth-order valence-corrected chi connectivity index (χ4v) is 4.40. The number of carbonyl (C=O) groups excluding carboxylic acids is 3. The number of hydrogen-bond acceptors (Lipinski definition) is 6. The number of halogens is 1. The summed E-state index contributed by atoms with van der Waals surface area (Å²) in [5, 5.41) is 11.0. The molecule has 9 heteroatoms. The molecule has 2 fully saturated rings. The van der Waals surface area contributed by atoms with Crippen LogP contribution in [-0.4, -0.2) is 63.4 Å². The Morgan fingerprint density at radius 2 is 1.76 bits per heavy atom. The first kappa shape index (κ1) is 22.4. The van der Waals surface area contributed by atoms with Crippen LogP contribution in [0, 0.1) is 5.82 Å². The third-order valence-electron chi connectivity index (χ3n) is 6.00. The highest BCUT2D eigenvalue weighted by atomic mass is 19.1. The van der Waals surface area contributed by atoms with Crippen molar-refractivity contribution < 1.29 is 28.6 Å². The van der Waals surface area contributed by atoms with Crippen LogP contribution in [0.25, 0.3) is 5.76 Å². The Bertz CT molecular complexity index is 1080. The lowest BCUT2D eigenvalue weighted by Gasteiger charge is -2.38. The number of benzene rings is 1. The van der Waals surface area contributed by atoms with E-state index in [0.29, 0.717) is 31.5 Å². The Balaban J connectivity index is 1.71. The van der Waals surface area contributed by atoms with Crippen LogP contribution < -0.4 is 0 Å². The Kier molecular flexibility index (Phi) is 6.39. The van der Waals surface area contributed by atoms with Crippen molar-refractivity contribution in [2.24, 2.45) is 0 Å². The minimum atomic E-state index is -0.822. The number of ether oxygens (including phenoxy) is 1. The Hall–Kier alpha value is -3.75.